The third kappa shape index (κ3) is 11.8. The molecule has 1 heterocycles. The second-order valence-corrected chi connectivity index (χ2v) is 4.14. The van der Waals surface area contributed by atoms with E-state index in [1.807, 2.05) is 0 Å². The van der Waals surface area contributed by atoms with Gasteiger partial charge in [-0.15, -0.1) is 0 Å². The fraction of sp³-hybridized carbons (Fsp3) is 0.667. The Morgan fingerprint density at radius 1 is 1.17 bits per heavy atom. The van der Waals surface area contributed by atoms with E-state index in [9.17, 15) is 28.2 Å². The number of hydrogen-bond donors (Lipinski definition) is 1. The maximum Gasteiger partial charge on any atom is 1.00 e. The van der Waals surface area contributed by atoms with Crippen LogP contribution in [0.4, 0.5) is 0 Å². The van der Waals surface area contributed by atoms with Crippen molar-refractivity contribution in [3.8, 4) is 0 Å². The molecule has 94 valence electrons. The van der Waals surface area contributed by atoms with Gasteiger partial charge in [0.1, 0.15) is 18.5 Å². The van der Waals surface area contributed by atoms with E-state index in [1.165, 1.54) is 0 Å². The first-order valence-corrected chi connectivity index (χ1v) is 5.37. The van der Waals surface area contributed by atoms with E-state index in [-0.39, 0.29) is 59.1 Å². The maximum absolute atomic E-state index is 10.2. The second-order valence-electron chi connectivity index (χ2n) is 2.54. The predicted molar refractivity (Wildman–Crippen MR) is 41.9 cm³/mol. The molecule has 0 radical (unpaired) electrons. The van der Waals surface area contributed by atoms with E-state index in [1.54, 1.807) is 0 Å². The summed E-state index contributed by atoms with van der Waals surface area (Å²) in [7, 11) is -4.94. The Morgan fingerprint density at radius 3 is 1.56 bits per heavy atom. The summed E-state index contributed by atoms with van der Waals surface area (Å²) < 4.78 is 28.5. The van der Waals surface area contributed by atoms with Gasteiger partial charge < -0.3 is 19.8 Å². The molecule has 1 saturated heterocycles. The first kappa shape index (κ1) is 23.8. The van der Waals surface area contributed by atoms with Crippen LogP contribution < -0.4 is 69.3 Å². The first-order valence-electron chi connectivity index (χ1n) is 3.86. The van der Waals surface area contributed by atoms with Gasteiger partial charge in [0.2, 0.25) is 0 Å². The van der Waals surface area contributed by atoms with Gasteiger partial charge in [0.25, 0.3) is 10.1 Å². The minimum Gasteiger partial charge on any atom is -0.550 e. The molecule has 1 atom stereocenters. The topological polar surface area (TPSA) is 153 Å². The van der Waals surface area contributed by atoms with Crippen LogP contribution in [-0.2, 0) is 29.5 Å². The molecule has 0 bridgehead atoms. The summed E-state index contributed by atoms with van der Waals surface area (Å²) >= 11 is 0. The van der Waals surface area contributed by atoms with Crippen LogP contribution >= 0.6 is 0 Å². The van der Waals surface area contributed by atoms with E-state index < -0.39 is 33.7 Å². The molecular formula is C6H8Na2O9S. The predicted octanol–water partition coefficient (Wildman–Crippen LogP) is -9.91. The summed E-state index contributed by atoms with van der Waals surface area (Å²) in [6.07, 6.45) is -1.33. The summed E-state index contributed by atoms with van der Waals surface area (Å²) in [6, 6.07) is 0. The Bertz CT molecular complexity index is 346. The number of aliphatic carboxylic acids is 2. The quantitative estimate of drug-likeness (QED) is 0.303. The molecule has 0 aromatic rings. The maximum atomic E-state index is 10.2. The van der Waals surface area contributed by atoms with Crippen molar-refractivity contribution >= 4 is 22.1 Å². The van der Waals surface area contributed by atoms with Crippen molar-refractivity contribution in [3.05, 3.63) is 0 Å². The summed E-state index contributed by atoms with van der Waals surface area (Å²) in [4.78, 5) is 28.2. The van der Waals surface area contributed by atoms with Crippen molar-refractivity contribution in [3.63, 3.8) is 0 Å². The Kier molecular flexibility index (Phi) is 15.3. The number of hydrogen-bond acceptors (Lipinski definition) is 8. The van der Waals surface area contributed by atoms with Crippen molar-refractivity contribution in [2.75, 3.05) is 13.2 Å². The van der Waals surface area contributed by atoms with Crippen molar-refractivity contribution < 1.29 is 102 Å². The summed E-state index contributed by atoms with van der Waals surface area (Å²) in [5, 5.41) is 17.3. The molecule has 18 heavy (non-hydrogen) atoms. The van der Waals surface area contributed by atoms with Crippen molar-refractivity contribution in [1.82, 2.24) is 0 Å². The van der Waals surface area contributed by atoms with Crippen molar-refractivity contribution in [2.24, 2.45) is 0 Å². The van der Waals surface area contributed by atoms with E-state index in [0.29, 0.717) is 0 Å². The van der Waals surface area contributed by atoms with Crippen LogP contribution in [-0.4, -0.2) is 43.4 Å². The molecule has 9 nitrogen and oxygen atoms in total. The largest absolute Gasteiger partial charge is 1.00 e. The van der Waals surface area contributed by atoms with Crippen LogP contribution in [0.5, 0.6) is 0 Å². The third-order valence-electron chi connectivity index (χ3n) is 1.31. The summed E-state index contributed by atoms with van der Waals surface area (Å²) in [5.74, 6) is -4.08. The molecule has 1 N–H and O–H groups in total. The first-order chi connectivity index (χ1) is 7.25. The number of carbonyl (C=O) groups is 2. The molecule has 1 fully saturated rings. The fourth-order valence-corrected chi connectivity index (χ4v) is 1.13. The smallest absolute Gasteiger partial charge is 0.550 e. The van der Waals surface area contributed by atoms with Crippen LogP contribution in [0.25, 0.3) is 0 Å². The molecule has 1 aliphatic heterocycles. The average molecular weight is 302 g/mol. The van der Waals surface area contributed by atoms with Gasteiger partial charge in [-0.25, -0.2) is 9.78 Å². The number of rotatable bonds is 4. The van der Waals surface area contributed by atoms with Crippen molar-refractivity contribution in [2.45, 2.75) is 11.7 Å². The molecule has 1 rings (SSSR count). The van der Waals surface area contributed by atoms with E-state index in [0.717, 1.165) is 13.2 Å². The Hall–Kier alpha value is 0.770. The van der Waals surface area contributed by atoms with Gasteiger partial charge in [-0.1, -0.05) is 0 Å². The number of carboxylic acids is 2. The monoisotopic (exact) mass is 302 g/mol. The van der Waals surface area contributed by atoms with E-state index in [4.69, 9.17) is 4.55 Å². The zero-order chi connectivity index (χ0) is 12.8. The van der Waals surface area contributed by atoms with Gasteiger partial charge in [0.05, 0.1) is 5.97 Å². The summed E-state index contributed by atoms with van der Waals surface area (Å²) in [6.45, 7) is 1.56. The molecular weight excluding hydrogens is 294 g/mol. The van der Waals surface area contributed by atoms with Crippen LogP contribution in [0.15, 0.2) is 0 Å². The molecule has 12 heteroatoms. The van der Waals surface area contributed by atoms with Crippen LogP contribution in [0.1, 0.15) is 6.42 Å². The minimum atomic E-state index is -4.94. The number of carbonyl (C=O) groups excluding carboxylic acids is 2. The van der Waals surface area contributed by atoms with Gasteiger partial charge in [-0.2, -0.15) is 8.42 Å². The van der Waals surface area contributed by atoms with Gasteiger partial charge in [0.15, 0.2) is 0 Å². The van der Waals surface area contributed by atoms with E-state index in [2.05, 4.69) is 9.78 Å². The minimum absolute atomic E-state index is 0. The van der Waals surface area contributed by atoms with Crippen LogP contribution in [0, 0.1) is 0 Å². The normalized spacial score (nSPS) is 14.5. The van der Waals surface area contributed by atoms with Gasteiger partial charge in [-0.3, -0.25) is 4.55 Å². The SMILES string of the molecule is C1COO1.O=C([O-])CC(C(=O)[O-])S(=O)(=O)O.[Na+].[Na+]. The van der Waals surface area contributed by atoms with Gasteiger partial charge in [-0.05, 0) is 0 Å². The third-order valence-corrected chi connectivity index (χ3v) is 2.39. The Balaban J connectivity index is -0.000000318. The fourth-order valence-electron chi connectivity index (χ4n) is 0.545. The molecule has 1 aliphatic rings. The number of carboxylic acid groups (broad SMARTS) is 2. The molecule has 0 saturated carbocycles. The Labute approximate surface area is 147 Å². The zero-order valence-corrected chi connectivity index (χ0v) is 14.6. The molecule has 0 spiro atoms. The Morgan fingerprint density at radius 2 is 1.50 bits per heavy atom. The van der Waals surface area contributed by atoms with Gasteiger partial charge in [0, 0.05) is 12.4 Å². The van der Waals surface area contributed by atoms with E-state index >= 15 is 0 Å². The van der Waals surface area contributed by atoms with Crippen LogP contribution in [0.2, 0.25) is 0 Å². The zero-order valence-electron chi connectivity index (χ0n) is 9.82. The standard InChI is InChI=1S/C4H6O7S.C2H4O2.2Na/c5-3(6)1-2(4(7)8)12(9,10)11;1-2-4-3-1;;/h2H,1H2,(H,5,6)(H,7,8)(H,9,10,11);1-2H2;;/q;;2*+1/p-2. The second kappa shape index (κ2) is 11.6. The molecule has 0 aliphatic carbocycles. The summed E-state index contributed by atoms with van der Waals surface area (Å²) in [5.41, 5.74) is 0. The van der Waals surface area contributed by atoms with Crippen molar-refractivity contribution in [1.29, 1.82) is 0 Å². The molecule has 0 aromatic carbocycles. The molecule has 0 amide bonds. The molecule has 1 unspecified atom stereocenters. The molecule has 0 aromatic heterocycles. The van der Waals surface area contributed by atoms with Crippen LogP contribution in [0.3, 0.4) is 0 Å². The average Bonchev–Trinajstić information content (AvgIpc) is 1.93. The van der Waals surface area contributed by atoms with Gasteiger partial charge >= 0.3 is 59.1 Å².